The Morgan fingerprint density at radius 2 is 1.28 bits per heavy atom. The van der Waals surface area contributed by atoms with Crippen molar-refractivity contribution in [3.8, 4) is 16.8 Å². The lowest BCUT2D eigenvalue weighted by Crippen LogP contribution is -2.36. The quantitative estimate of drug-likeness (QED) is 0.182. The van der Waals surface area contributed by atoms with Crippen LogP contribution >= 0.6 is 11.3 Å². The van der Waals surface area contributed by atoms with Gasteiger partial charge in [0.1, 0.15) is 16.7 Å². The van der Waals surface area contributed by atoms with Crippen LogP contribution in [-0.4, -0.2) is 11.8 Å². The first-order valence-corrected chi connectivity index (χ1v) is 21.0. The number of hydrogen-bond acceptors (Lipinski definition) is 4. The van der Waals surface area contributed by atoms with Crippen LogP contribution in [-0.2, 0) is 10.8 Å². The smallest absolute Gasteiger partial charge is 0.247 e. The maximum absolute atomic E-state index is 6.86. The normalized spacial score (nSPS) is 13.1. The summed E-state index contributed by atoms with van der Waals surface area (Å²) >= 11 is 1.86. The van der Waals surface area contributed by atoms with Crippen LogP contribution in [0.5, 0.6) is 0 Å². The Hall–Kier alpha value is -6.24. The second-order valence-corrected chi connectivity index (χ2v) is 19.2. The fourth-order valence-electron chi connectivity index (χ4n) is 9.30. The molecule has 0 bridgehead atoms. The van der Waals surface area contributed by atoms with Crippen LogP contribution < -0.4 is 16.4 Å². The Morgan fingerprint density at radius 3 is 2.09 bits per heavy atom. The van der Waals surface area contributed by atoms with Gasteiger partial charge in [-0.2, -0.15) is 0 Å². The number of thiophene rings is 1. The van der Waals surface area contributed by atoms with Gasteiger partial charge < -0.3 is 18.7 Å². The number of benzene rings is 7. The summed E-state index contributed by atoms with van der Waals surface area (Å²) < 4.78 is 18.5. The summed E-state index contributed by atoms with van der Waals surface area (Å²) in [6.45, 7) is 13.6. The van der Waals surface area contributed by atoms with Gasteiger partial charge in [-0.25, -0.2) is 0 Å². The standard InChI is InChI=1S/C52H40BN2O2S/c1-51(2,3)28-15-18-30(19-16-28)54-40-25-37-31-11-7-9-13-42(31)56-44(37)26-35(40)33-20-21-34-36-24-38-32-12-8-10-14-45(32)58-46(38)27-41(36)55-48(34)47(33)53-50-49(55)39-23-29(52(4,5)6)17-22-43(39)57-50/h7-27,54H,1-6H3. The number of nitrogens with one attached hydrogen (secondary N) is 1. The van der Waals surface area contributed by atoms with Crippen molar-refractivity contribution in [2.45, 2.75) is 52.4 Å². The van der Waals surface area contributed by atoms with Crippen molar-refractivity contribution in [1.82, 2.24) is 4.57 Å². The summed E-state index contributed by atoms with van der Waals surface area (Å²) in [5.41, 5.74) is 15.0. The second kappa shape index (κ2) is 11.7. The Labute approximate surface area is 340 Å². The first-order valence-electron chi connectivity index (χ1n) is 20.2. The Kier molecular flexibility index (Phi) is 6.82. The summed E-state index contributed by atoms with van der Waals surface area (Å²) in [6.07, 6.45) is 0. The second-order valence-electron chi connectivity index (χ2n) is 18.1. The van der Waals surface area contributed by atoms with E-state index < -0.39 is 0 Å². The summed E-state index contributed by atoms with van der Waals surface area (Å²) in [4.78, 5) is 0. The highest BCUT2D eigenvalue weighted by atomic mass is 32.1. The van der Waals surface area contributed by atoms with E-state index in [1.807, 2.05) is 17.4 Å². The molecule has 4 aromatic heterocycles. The molecule has 0 amide bonds. The van der Waals surface area contributed by atoms with Gasteiger partial charge in [0.15, 0.2) is 0 Å². The maximum atomic E-state index is 6.86. The summed E-state index contributed by atoms with van der Waals surface area (Å²) in [5.74, 6) is 0. The Morgan fingerprint density at radius 1 is 0.534 bits per heavy atom. The van der Waals surface area contributed by atoms with E-state index in [-0.39, 0.29) is 10.8 Å². The van der Waals surface area contributed by atoms with Gasteiger partial charge in [-0.15, -0.1) is 11.3 Å². The van der Waals surface area contributed by atoms with Crippen LogP contribution in [0.15, 0.2) is 136 Å². The lowest BCUT2D eigenvalue weighted by atomic mass is 9.62. The Bertz CT molecular complexity index is 3530. The molecular weight excluding hydrogens is 727 g/mol. The summed E-state index contributed by atoms with van der Waals surface area (Å²) in [6, 6.07) is 46.6. The molecule has 5 heterocycles. The van der Waals surface area contributed by atoms with Crippen molar-refractivity contribution in [3.05, 3.63) is 139 Å². The number of nitrogens with zero attached hydrogens (tertiary/aromatic N) is 1. The van der Waals surface area contributed by atoms with Crippen LogP contribution in [0.2, 0.25) is 0 Å². The first-order chi connectivity index (χ1) is 28.0. The molecule has 11 aromatic rings. The predicted molar refractivity (Wildman–Crippen MR) is 248 cm³/mol. The van der Waals surface area contributed by atoms with Crippen molar-refractivity contribution in [1.29, 1.82) is 0 Å². The minimum absolute atomic E-state index is 0.00904. The number of fused-ring (bicyclic) bond motifs is 13. The lowest BCUT2D eigenvalue weighted by molar-refractivity contribution is 0.590. The highest BCUT2D eigenvalue weighted by Crippen LogP contribution is 2.45. The average molecular weight is 768 g/mol. The molecule has 6 heteroatoms. The van der Waals surface area contributed by atoms with Crippen LogP contribution in [0.3, 0.4) is 0 Å². The predicted octanol–water partition coefficient (Wildman–Crippen LogP) is 13.8. The molecule has 0 saturated heterocycles. The van der Waals surface area contributed by atoms with Crippen molar-refractivity contribution in [3.63, 3.8) is 0 Å². The van der Waals surface area contributed by atoms with E-state index in [0.717, 1.165) is 72.2 Å². The molecular formula is C52H40BN2O2S. The van der Waals surface area contributed by atoms with Crippen molar-refractivity contribution >= 4 is 116 Å². The van der Waals surface area contributed by atoms with Crippen LogP contribution in [0.25, 0.3) is 91.7 Å². The zero-order chi connectivity index (χ0) is 39.2. The van der Waals surface area contributed by atoms with E-state index in [2.05, 4.69) is 180 Å². The highest BCUT2D eigenvalue weighted by Gasteiger charge is 2.32. The summed E-state index contributed by atoms with van der Waals surface area (Å²) in [7, 11) is 2.28. The van der Waals surface area contributed by atoms with Gasteiger partial charge in [-0.3, -0.25) is 0 Å². The molecule has 12 rings (SSSR count). The third-order valence-electron chi connectivity index (χ3n) is 12.4. The van der Waals surface area contributed by atoms with Crippen molar-refractivity contribution in [2.75, 3.05) is 5.32 Å². The molecule has 1 N–H and O–H groups in total. The molecule has 0 atom stereocenters. The zero-order valence-electron chi connectivity index (χ0n) is 33.4. The van der Waals surface area contributed by atoms with Gasteiger partial charge >= 0.3 is 0 Å². The number of hydrogen-bond donors (Lipinski definition) is 1. The highest BCUT2D eigenvalue weighted by molar-refractivity contribution is 7.25. The van der Waals surface area contributed by atoms with Gasteiger partial charge in [-0.05, 0) is 93.6 Å². The molecule has 0 aliphatic carbocycles. The topological polar surface area (TPSA) is 43.2 Å². The van der Waals surface area contributed by atoms with E-state index >= 15 is 0 Å². The van der Waals surface area contributed by atoms with E-state index in [9.17, 15) is 0 Å². The third kappa shape index (κ3) is 4.88. The first kappa shape index (κ1) is 33.9. The molecule has 4 nitrogen and oxygen atoms in total. The van der Waals surface area contributed by atoms with Gasteiger partial charge in [0.25, 0.3) is 0 Å². The van der Waals surface area contributed by atoms with Gasteiger partial charge in [0, 0.05) is 69.6 Å². The number of rotatable bonds is 3. The molecule has 0 spiro atoms. The molecule has 1 aliphatic heterocycles. The van der Waals surface area contributed by atoms with Crippen LogP contribution in [0, 0.1) is 0 Å². The maximum Gasteiger partial charge on any atom is 0.247 e. The number of furan rings is 2. The van der Waals surface area contributed by atoms with E-state index in [4.69, 9.17) is 8.83 Å². The number of anilines is 2. The van der Waals surface area contributed by atoms with Crippen LogP contribution in [0.4, 0.5) is 11.4 Å². The molecule has 279 valence electrons. The third-order valence-corrected chi connectivity index (χ3v) is 13.5. The molecule has 1 radical (unpaired) electrons. The Balaban J connectivity index is 1.16. The molecule has 7 aromatic carbocycles. The molecule has 58 heavy (non-hydrogen) atoms. The van der Waals surface area contributed by atoms with E-state index in [1.165, 1.54) is 53.1 Å². The zero-order valence-corrected chi connectivity index (χ0v) is 34.2. The van der Waals surface area contributed by atoms with Gasteiger partial charge in [0.2, 0.25) is 7.28 Å². The molecule has 0 saturated carbocycles. The molecule has 0 fully saturated rings. The largest absolute Gasteiger partial charge is 0.469 e. The van der Waals surface area contributed by atoms with E-state index in [1.54, 1.807) is 0 Å². The van der Waals surface area contributed by atoms with Crippen molar-refractivity contribution in [2.24, 2.45) is 0 Å². The lowest BCUT2D eigenvalue weighted by Gasteiger charge is -2.22. The fourth-order valence-corrected chi connectivity index (χ4v) is 10.4. The average Bonchev–Trinajstić information content (AvgIpc) is 3.95. The summed E-state index contributed by atoms with van der Waals surface area (Å²) in [5, 5.41) is 12.3. The van der Waals surface area contributed by atoms with Crippen LogP contribution in [0.1, 0.15) is 52.7 Å². The monoisotopic (exact) mass is 767 g/mol. The molecule has 1 aliphatic rings. The van der Waals surface area contributed by atoms with Gasteiger partial charge in [-0.1, -0.05) is 108 Å². The minimum atomic E-state index is -0.00904. The number of aromatic nitrogens is 1. The number of para-hydroxylation sites is 1. The fraction of sp³-hybridized carbons (Fsp3) is 0.154. The van der Waals surface area contributed by atoms with Crippen molar-refractivity contribution < 1.29 is 8.83 Å². The minimum Gasteiger partial charge on any atom is -0.469 e. The van der Waals surface area contributed by atoms with E-state index in [0.29, 0.717) is 0 Å². The SMILES string of the molecule is CC(C)(C)c1ccc(Nc2cc3c(cc2-c2ccc4c5cc6c(cc5n5c4c2[B]c2oc4ccc(C(C)(C)C)cc4c2-5)sc2ccccc26)oc2ccccc23)cc1. The van der Waals surface area contributed by atoms with Gasteiger partial charge in [0.05, 0.1) is 16.9 Å². The molecule has 0 unspecified atom stereocenters.